The molecule has 0 saturated carbocycles. The normalized spacial score (nSPS) is 10.1. The highest BCUT2D eigenvalue weighted by Crippen LogP contribution is 2.10. The summed E-state index contributed by atoms with van der Waals surface area (Å²) in [5, 5.41) is 6.33. The van der Waals surface area contributed by atoms with Crippen LogP contribution in [0, 0.1) is 6.92 Å². The van der Waals surface area contributed by atoms with Crippen molar-refractivity contribution in [1.82, 2.24) is 9.97 Å². The number of hydrogen-bond donors (Lipinski definition) is 2. The molecule has 1 heterocycles. The quantitative estimate of drug-likeness (QED) is 0.553. The third kappa shape index (κ3) is 6.03. The highest BCUT2D eigenvalue weighted by molar-refractivity contribution is 5.69. The van der Waals surface area contributed by atoms with Crippen LogP contribution in [0.1, 0.15) is 32.5 Å². The number of nitrogens with one attached hydrogen (secondary N) is 2. The van der Waals surface area contributed by atoms with Crippen molar-refractivity contribution in [2.75, 3.05) is 30.3 Å². The second-order valence-electron chi connectivity index (χ2n) is 4.05. The van der Waals surface area contributed by atoms with Gasteiger partial charge in [0.1, 0.15) is 17.5 Å². The van der Waals surface area contributed by atoms with E-state index in [4.69, 9.17) is 4.74 Å². The number of aryl methyl sites for hydroxylation is 1. The summed E-state index contributed by atoms with van der Waals surface area (Å²) in [6, 6.07) is 1.86. The minimum absolute atomic E-state index is 0.156. The fourth-order valence-electron chi connectivity index (χ4n) is 1.61. The fourth-order valence-corrected chi connectivity index (χ4v) is 1.61. The first-order valence-corrected chi connectivity index (χ1v) is 6.64. The van der Waals surface area contributed by atoms with E-state index in [0.717, 1.165) is 24.6 Å². The monoisotopic (exact) mass is 266 g/mol. The molecule has 2 N–H and O–H groups in total. The van der Waals surface area contributed by atoms with Crippen molar-refractivity contribution in [1.29, 1.82) is 0 Å². The summed E-state index contributed by atoms with van der Waals surface area (Å²) in [4.78, 5) is 19.7. The Hall–Kier alpha value is -1.85. The molecule has 0 aliphatic rings. The van der Waals surface area contributed by atoms with E-state index in [-0.39, 0.29) is 5.97 Å². The molecule has 0 saturated heterocycles. The first kappa shape index (κ1) is 15.2. The highest BCUT2D eigenvalue weighted by atomic mass is 16.5. The SMILES string of the molecule is CCNc1cc(NCCCC(=O)OCC)nc(C)n1. The van der Waals surface area contributed by atoms with Crippen molar-refractivity contribution < 1.29 is 9.53 Å². The second kappa shape index (κ2) is 8.29. The van der Waals surface area contributed by atoms with Gasteiger partial charge >= 0.3 is 5.97 Å². The fraction of sp³-hybridized carbons (Fsp3) is 0.615. The molecule has 0 aromatic carbocycles. The van der Waals surface area contributed by atoms with E-state index in [2.05, 4.69) is 20.6 Å². The van der Waals surface area contributed by atoms with Crippen LogP contribution in [0.15, 0.2) is 6.07 Å². The summed E-state index contributed by atoms with van der Waals surface area (Å²) in [7, 11) is 0. The second-order valence-corrected chi connectivity index (χ2v) is 4.05. The Kier molecular flexibility index (Phi) is 6.63. The smallest absolute Gasteiger partial charge is 0.305 e. The number of hydrogen-bond acceptors (Lipinski definition) is 6. The molecule has 0 unspecified atom stereocenters. The molecular weight excluding hydrogens is 244 g/mol. The standard InChI is InChI=1S/C13H22N4O2/c1-4-14-11-9-12(17-10(3)16-11)15-8-6-7-13(18)19-5-2/h9H,4-8H2,1-3H3,(H2,14,15,16,17). The van der Waals surface area contributed by atoms with Gasteiger partial charge in [-0.25, -0.2) is 9.97 Å². The maximum absolute atomic E-state index is 11.2. The van der Waals surface area contributed by atoms with E-state index in [9.17, 15) is 4.79 Å². The first-order valence-electron chi connectivity index (χ1n) is 6.64. The molecular formula is C13H22N4O2. The lowest BCUT2D eigenvalue weighted by atomic mass is 10.3. The van der Waals surface area contributed by atoms with E-state index < -0.39 is 0 Å². The zero-order chi connectivity index (χ0) is 14.1. The van der Waals surface area contributed by atoms with Gasteiger partial charge in [-0.05, 0) is 27.2 Å². The third-order valence-electron chi connectivity index (χ3n) is 2.36. The summed E-state index contributed by atoms with van der Waals surface area (Å²) >= 11 is 0. The van der Waals surface area contributed by atoms with Gasteiger partial charge in [-0.15, -0.1) is 0 Å². The molecule has 0 atom stereocenters. The van der Waals surface area contributed by atoms with Crippen LogP contribution < -0.4 is 10.6 Å². The highest BCUT2D eigenvalue weighted by Gasteiger charge is 2.03. The number of ether oxygens (including phenoxy) is 1. The Bertz CT molecular complexity index is 410. The van der Waals surface area contributed by atoms with Gasteiger partial charge in [0, 0.05) is 25.6 Å². The lowest BCUT2D eigenvalue weighted by Gasteiger charge is -2.09. The Morgan fingerprint density at radius 2 is 1.95 bits per heavy atom. The van der Waals surface area contributed by atoms with Gasteiger partial charge in [0.15, 0.2) is 0 Å². The topological polar surface area (TPSA) is 76.1 Å². The molecule has 0 bridgehead atoms. The van der Waals surface area contributed by atoms with E-state index in [1.54, 1.807) is 0 Å². The number of rotatable bonds is 8. The molecule has 19 heavy (non-hydrogen) atoms. The molecule has 1 aromatic heterocycles. The molecule has 106 valence electrons. The average molecular weight is 266 g/mol. The molecule has 1 rings (SSSR count). The Morgan fingerprint density at radius 1 is 1.26 bits per heavy atom. The largest absolute Gasteiger partial charge is 0.466 e. The van der Waals surface area contributed by atoms with Crippen molar-refractivity contribution >= 4 is 17.6 Å². The lowest BCUT2D eigenvalue weighted by Crippen LogP contribution is -2.10. The number of nitrogens with zero attached hydrogens (tertiary/aromatic N) is 2. The van der Waals surface area contributed by atoms with Crippen LogP contribution in [-0.2, 0) is 9.53 Å². The summed E-state index contributed by atoms with van der Waals surface area (Å²) in [5.41, 5.74) is 0. The van der Waals surface area contributed by atoms with Crippen LogP contribution in [0.3, 0.4) is 0 Å². The molecule has 0 aliphatic heterocycles. The molecule has 6 nitrogen and oxygen atoms in total. The Morgan fingerprint density at radius 3 is 2.58 bits per heavy atom. The van der Waals surface area contributed by atoms with Crippen molar-refractivity contribution in [3.63, 3.8) is 0 Å². The van der Waals surface area contributed by atoms with Crippen molar-refractivity contribution in [2.45, 2.75) is 33.6 Å². The van der Waals surface area contributed by atoms with Crippen molar-refractivity contribution in [3.05, 3.63) is 11.9 Å². The maximum atomic E-state index is 11.2. The minimum Gasteiger partial charge on any atom is -0.466 e. The van der Waals surface area contributed by atoms with Crippen LogP contribution >= 0.6 is 0 Å². The van der Waals surface area contributed by atoms with Gasteiger partial charge in [0.25, 0.3) is 0 Å². The van der Waals surface area contributed by atoms with Crippen LogP contribution in [0.2, 0.25) is 0 Å². The van der Waals surface area contributed by atoms with Crippen LogP contribution in [0.25, 0.3) is 0 Å². The number of carbonyl (C=O) groups is 1. The Labute approximate surface area is 114 Å². The number of carbonyl (C=O) groups excluding carboxylic acids is 1. The molecule has 0 fully saturated rings. The number of anilines is 2. The summed E-state index contributed by atoms with van der Waals surface area (Å²) in [6.45, 7) is 7.61. The van der Waals surface area contributed by atoms with Gasteiger partial charge in [-0.2, -0.15) is 0 Å². The zero-order valence-corrected chi connectivity index (χ0v) is 11.8. The van der Waals surface area contributed by atoms with Crippen molar-refractivity contribution in [3.8, 4) is 0 Å². The zero-order valence-electron chi connectivity index (χ0n) is 11.8. The summed E-state index contributed by atoms with van der Waals surface area (Å²) in [6.07, 6.45) is 1.14. The van der Waals surface area contributed by atoms with Gasteiger partial charge in [-0.3, -0.25) is 4.79 Å². The molecule has 0 aliphatic carbocycles. The van der Waals surface area contributed by atoms with E-state index in [0.29, 0.717) is 25.4 Å². The van der Waals surface area contributed by atoms with Gasteiger partial charge in [0.2, 0.25) is 0 Å². The number of esters is 1. The van der Waals surface area contributed by atoms with Gasteiger partial charge in [-0.1, -0.05) is 0 Å². The Balaban J connectivity index is 2.38. The maximum Gasteiger partial charge on any atom is 0.305 e. The van der Waals surface area contributed by atoms with Crippen molar-refractivity contribution in [2.24, 2.45) is 0 Å². The van der Waals surface area contributed by atoms with E-state index >= 15 is 0 Å². The molecule has 6 heteroatoms. The molecule has 0 amide bonds. The summed E-state index contributed by atoms with van der Waals surface area (Å²) < 4.78 is 4.86. The van der Waals surface area contributed by atoms with Crippen LogP contribution in [0.4, 0.5) is 11.6 Å². The van der Waals surface area contributed by atoms with Gasteiger partial charge in [0.05, 0.1) is 6.61 Å². The number of aromatic nitrogens is 2. The van der Waals surface area contributed by atoms with Crippen LogP contribution in [0.5, 0.6) is 0 Å². The van der Waals surface area contributed by atoms with Gasteiger partial charge < -0.3 is 15.4 Å². The molecule has 1 aromatic rings. The first-order chi connectivity index (χ1) is 9.15. The minimum atomic E-state index is -0.156. The van der Waals surface area contributed by atoms with Crippen LogP contribution in [-0.4, -0.2) is 35.6 Å². The predicted molar refractivity (Wildman–Crippen MR) is 75.3 cm³/mol. The molecule has 0 radical (unpaired) electrons. The molecule has 0 spiro atoms. The third-order valence-corrected chi connectivity index (χ3v) is 2.36. The lowest BCUT2D eigenvalue weighted by molar-refractivity contribution is -0.143. The predicted octanol–water partition coefficient (Wildman–Crippen LogP) is 1.97. The average Bonchev–Trinajstić information content (AvgIpc) is 2.35. The van der Waals surface area contributed by atoms with E-state index in [1.807, 2.05) is 26.8 Å². The van der Waals surface area contributed by atoms with E-state index in [1.165, 1.54) is 0 Å². The summed E-state index contributed by atoms with van der Waals surface area (Å²) in [5.74, 6) is 2.14.